The second-order valence-corrected chi connectivity index (χ2v) is 11.4. The third-order valence-corrected chi connectivity index (χ3v) is 7.54. The summed E-state index contributed by atoms with van der Waals surface area (Å²) >= 11 is 0. The summed E-state index contributed by atoms with van der Waals surface area (Å²) in [5, 5.41) is 10.6. The van der Waals surface area contributed by atoms with Crippen LogP contribution in [0.25, 0.3) is 10.9 Å². The molecular weight excluding hydrogens is 492 g/mol. The Kier molecular flexibility index (Phi) is 6.67. The third kappa shape index (κ3) is 4.99. The second kappa shape index (κ2) is 9.84. The molecule has 0 radical (unpaired) electrons. The molecule has 0 N–H and O–H groups in total. The topological polar surface area (TPSA) is 85.0 Å². The Hall–Kier alpha value is -4.19. The van der Waals surface area contributed by atoms with Crippen LogP contribution in [-0.4, -0.2) is 67.5 Å². The van der Waals surface area contributed by atoms with E-state index >= 15 is 0 Å². The Balaban J connectivity index is 1.58. The van der Waals surface area contributed by atoms with Gasteiger partial charge in [0.05, 0.1) is 34.2 Å². The van der Waals surface area contributed by atoms with Crippen molar-refractivity contribution in [3.05, 3.63) is 57.9 Å². The van der Waals surface area contributed by atoms with E-state index in [9.17, 15) is 14.9 Å². The fraction of sp³-hybridized carbons (Fsp3) is 0.433. The molecule has 3 aromatic rings. The lowest BCUT2D eigenvalue weighted by Gasteiger charge is -2.39. The highest BCUT2D eigenvalue weighted by molar-refractivity contribution is 5.99. The molecule has 1 aromatic heterocycles. The van der Waals surface area contributed by atoms with E-state index in [0.29, 0.717) is 37.3 Å². The van der Waals surface area contributed by atoms with Gasteiger partial charge >= 0.3 is 6.09 Å². The molecule has 0 bridgehead atoms. The van der Waals surface area contributed by atoms with E-state index < -0.39 is 5.60 Å². The molecule has 2 aliphatic heterocycles. The molecule has 5 rings (SSSR count). The third-order valence-electron chi connectivity index (χ3n) is 7.54. The Morgan fingerprint density at radius 2 is 1.64 bits per heavy atom. The molecule has 9 heteroatoms. The van der Waals surface area contributed by atoms with Crippen LogP contribution in [-0.2, 0) is 11.8 Å². The molecule has 1 saturated heterocycles. The minimum absolute atomic E-state index is 0.0223. The van der Waals surface area contributed by atoms with Gasteiger partial charge in [0, 0.05) is 70.0 Å². The molecule has 204 valence electrons. The first-order chi connectivity index (χ1) is 18.5. The molecule has 0 saturated carbocycles. The number of carbonyl (C=O) groups excluding carboxylic acids is 1. The number of benzene rings is 2. The number of piperazine rings is 1. The van der Waals surface area contributed by atoms with Gasteiger partial charge in [-0.25, -0.2) is 4.79 Å². The SMILES string of the molecule is Cc1cc2c(N3CCN(C)c4ccc(C#N)cc43)cc(N3CCN(C(=O)OC(C)(C)C)CC3)cc2n(C)c1=O. The number of carbonyl (C=O) groups is 1. The van der Waals surface area contributed by atoms with Gasteiger partial charge in [0.25, 0.3) is 5.56 Å². The van der Waals surface area contributed by atoms with Crippen LogP contribution in [0.1, 0.15) is 31.9 Å². The number of pyridine rings is 1. The zero-order chi connectivity index (χ0) is 28.1. The summed E-state index contributed by atoms with van der Waals surface area (Å²) in [7, 11) is 3.88. The Bertz CT molecular complexity index is 1540. The summed E-state index contributed by atoms with van der Waals surface area (Å²) in [4.78, 5) is 34.0. The van der Waals surface area contributed by atoms with E-state index in [1.54, 1.807) is 9.47 Å². The average Bonchev–Trinajstić information content (AvgIpc) is 2.91. The second-order valence-electron chi connectivity index (χ2n) is 11.4. The van der Waals surface area contributed by atoms with Crippen LogP contribution in [0.4, 0.5) is 27.5 Å². The predicted molar refractivity (Wildman–Crippen MR) is 155 cm³/mol. The first-order valence-electron chi connectivity index (χ1n) is 13.4. The van der Waals surface area contributed by atoms with Gasteiger partial charge in [-0.3, -0.25) is 4.79 Å². The summed E-state index contributed by atoms with van der Waals surface area (Å²) in [6.07, 6.45) is -0.290. The summed E-state index contributed by atoms with van der Waals surface area (Å²) in [6.45, 7) is 11.5. The number of hydrogen-bond acceptors (Lipinski definition) is 7. The van der Waals surface area contributed by atoms with Crippen molar-refractivity contribution in [2.45, 2.75) is 33.3 Å². The van der Waals surface area contributed by atoms with Crippen molar-refractivity contribution in [1.29, 1.82) is 5.26 Å². The smallest absolute Gasteiger partial charge is 0.410 e. The van der Waals surface area contributed by atoms with Crippen molar-refractivity contribution in [3.63, 3.8) is 0 Å². The molecule has 1 fully saturated rings. The van der Waals surface area contributed by atoms with E-state index in [4.69, 9.17) is 4.74 Å². The van der Waals surface area contributed by atoms with Crippen LogP contribution in [0.5, 0.6) is 0 Å². The van der Waals surface area contributed by atoms with Gasteiger partial charge < -0.3 is 28.9 Å². The van der Waals surface area contributed by atoms with Crippen molar-refractivity contribution in [3.8, 4) is 6.07 Å². The molecular formula is C30H36N6O3. The fourth-order valence-electron chi connectivity index (χ4n) is 5.44. The molecule has 0 atom stereocenters. The van der Waals surface area contributed by atoms with E-state index in [1.165, 1.54) is 0 Å². The zero-order valence-corrected chi connectivity index (χ0v) is 23.6. The minimum Gasteiger partial charge on any atom is -0.444 e. The number of rotatable bonds is 2. The monoisotopic (exact) mass is 528 g/mol. The number of aromatic nitrogens is 1. The molecule has 2 aliphatic rings. The standard InChI is InChI=1S/C30H36N6O3/c1-20-15-23-25(33(6)28(20)37)17-22(34-10-12-35(13-11-34)29(38)39-30(2,3)4)18-26(23)36-14-9-32(5)24-8-7-21(19-31)16-27(24)36/h7-8,15-18H,9-14H2,1-6H3. The van der Waals surface area contributed by atoms with E-state index in [1.807, 2.05) is 59.0 Å². The predicted octanol–water partition coefficient (Wildman–Crippen LogP) is 4.36. The quantitative estimate of drug-likeness (QED) is 0.489. The molecule has 39 heavy (non-hydrogen) atoms. The first kappa shape index (κ1) is 26.4. The van der Waals surface area contributed by atoms with Crippen molar-refractivity contribution in [2.24, 2.45) is 7.05 Å². The maximum Gasteiger partial charge on any atom is 0.410 e. The van der Waals surface area contributed by atoms with Gasteiger partial charge in [0.2, 0.25) is 0 Å². The summed E-state index contributed by atoms with van der Waals surface area (Å²) in [5.74, 6) is 0. The van der Waals surface area contributed by atoms with Crippen LogP contribution in [0.15, 0.2) is 41.2 Å². The Morgan fingerprint density at radius 1 is 0.923 bits per heavy atom. The molecule has 3 heterocycles. The largest absolute Gasteiger partial charge is 0.444 e. The average molecular weight is 529 g/mol. The number of nitrogens with zero attached hydrogens (tertiary/aromatic N) is 6. The maximum atomic E-state index is 12.9. The lowest BCUT2D eigenvalue weighted by molar-refractivity contribution is 0.0240. The summed E-state index contributed by atoms with van der Waals surface area (Å²) < 4.78 is 7.29. The van der Waals surface area contributed by atoms with Crippen molar-refractivity contribution in [2.75, 3.05) is 61.0 Å². The lowest BCUT2D eigenvalue weighted by Crippen LogP contribution is -2.50. The molecule has 2 aromatic carbocycles. The van der Waals surface area contributed by atoms with E-state index in [-0.39, 0.29) is 11.7 Å². The van der Waals surface area contributed by atoms with Crippen molar-refractivity contribution in [1.82, 2.24) is 9.47 Å². The minimum atomic E-state index is -0.533. The number of anilines is 4. The number of aryl methyl sites for hydroxylation is 2. The highest BCUT2D eigenvalue weighted by Crippen LogP contribution is 2.42. The summed E-state index contributed by atoms with van der Waals surface area (Å²) in [5.41, 5.74) is 5.62. The molecule has 0 spiro atoms. The maximum absolute atomic E-state index is 12.9. The zero-order valence-electron chi connectivity index (χ0n) is 23.6. The van der Waals surface area contributed by atoms with Gasteiger partial charge in [-0.05, 0) is 64.1 Å². The normalized spacial score (nSPS) is 15.8. The van der Waals surface area contributed by atoms with E-state index in [2.05, 4.69) is 39.9 Å². The number of ether oxygens (including phenoxy) is 1. The van der Waals surface area contributed by atoms with Crippen LogP contribution in [0.3, 0.4) is 0 Å². The van der Waals surface area contributed by atoms with Gasteiger partial charge in [-0.2, -0.15) is 5.26 Å². The van der Waals surface area contributed by atoms with Crippen LogP contribution in [0.2, 0.25) is 0 Å². The van der Waals surface area contributed by atoms with Crippen molar-refractivity contribution >= 4 is 39.7 Å². The van der Waals surface area contributed by atoms with Gasteiger partial charge in [-0.15, -0.1) is 0 Å². The lowest BCUT2D eigenvalue weighted by atomic mass is 10.0. The number of nitriles is 1. The first-order valence-corrected chi connectivity index (χ1v) is 13.4. The number of hydrogen-bond donors (Lipinski definition) is 0. The van der Waals surface area contributed by atoms with Gasteiger partial charge in [0.1, 0.15) is 5.60 Å². The van der Waals surface area contributed by atoms with Crippen LogP contribution >= 0.6 is 0 Å². The highest BCUT2D eigenvalue weighted by atomic mass is 16.6. The molecule has 9 nitrogen and oxygen atoms in total. The number of amides is 1. The highest BCUT2D eigenvalue weighted by Gasteiger charge is 2.28. The Morgan fingerprint density at radius 3 is 2.31 bits per heavy atom. The van der Waals surface area contributed by atoms with Crippen molar-refractivity contribution < 1.29 is 9.53 Å². The van der Waals surface area contributed by atoms with Gasteiger partial charge in [-0.1, -0.05) is 0 Å². The fourth-order valence-corrected chi connectivity index (χ4v) is 5.44. The van der Waals surface area contributed by atoms with Gasteiger partial charge in [0.15, 0.2) is 0 Å². The number of likely N-dealkylation sites (N-methyl/N-ethyl adjacent to an activating group) is 1. The summed E-state index contributed by atoms with van der Waals surface area (Å²) in [6, 6.07) is 14.3. The molecule has 0 aliphatic carbocycles. The molecule has 0 unspecified atom stereocenters. The van der Waals surface area contributed by atoms with Crippen LogP contribution in [0, 0.1) is 18.3 Å². The van der Waals surface area contributed by atoms with E-state index in [0.717, 1.165) is 46.7 Å². The molecule has 1 amide bonds. The number of fused-ring (bicyclic) bond motifs is 2. The van der Waals surface area contributed by atoms with Crippen LogP contribution < -0.4 is 20.3 Å². The Labute approximate surface area is 229 Å².